The summed E-state index contributed by atoms with van der Waals surface area (Å²) in [6.07, 6.45) is 6.28. The molecular weight excluding hydrogens is 188 g/mol. The number of hydrogen-bond acceptors (Lipinski definition) is 3. The maximum absolute atomic E-state index is 5.39. The van der Waals surface area contributed by atoms with Gasteiger partial charge >= 0.3 is 0 Å². The van der Waals surface area contributed by atoms with E-state index in [1.54, 1.807) is 12.5 Å². The van der Waals surface area contributed by atoms with E-state index in [0.29, 0.717) is 0 Å². The van der Waals surface area contributed by atoms with Gasteiger partial charge in [0.05, 0.1) is 12.8 Å². The highest BCUT2D eigenvalue weighted by atomic mass is 16.3. The summed E-state index contributed by atoms with van der Waals surface area (Å²) in [6, 6.07) is 6.04. The van der Waals surface area contributed by atoms with Gasteiger partial charge in [0, 0.05) is 18.8 Å². The van der Waals surface area contributed by atoms with Gasteiger partial charge in [0.1, 0.15) is 5.76 Å². The lowest BCUT2D eigenvalue weighted by atomic mass is 10.1. The van der Waals surface area contributed by atoms with Crippen LogP contribution in [0.15, 0.2) is 41.3 Å². The fraction of sp³-hybridized carbons (Fsp3) is 0.250. The number of aromatic nitrogens is 1. The van der Waals surface area contributed by atoms with E-state index in [4.69, 9.17) is 4.42 Å². The molecule has 0 saturated carbocycles. The van der Waals surface area contributed by atoms with E-state index in [9.17, 15) is 0 Å². The van der Waals surface area contributed by atoms with Crippen molar-refractivity contribution >= 4 is 0 Å². The number of rotatable bonds is 4. The van der Waals surface area contributed by atoms with Crippen LogP contribution in [0.3, 0.4) is 0 Å². The lowest BCUT2D eigenvalue weighted by Crippen LogP contribution is -2.06. The summed E-state index contributed by atoms with van der Waals surface area (Å²) in [6.45, 7) is 0.766. The summed E-state index contributed by atoms with van der Waals surface area (Å²) in [5, 5.41) is 3.09. The first-order valence-corrected chi connectivity index (χ1v) is 4.99. The van der Waals surface area contributed by atoms with Gasteiger partial charge in [-0.05, 0) is 30.3 Å². The van der Waals surface area contributed by atoms with Crippen LogP contribution >= 0.6 is 0 Å². The molecular formula is C12H14N2O. The van der Waals surface area contributed by atoms with Crippen molar-refractivity contribution < 1.29 is 4.42 Å². The molecule has 0 aliphatic heterocycles. The van der Waals surface area contributed by atoms with Gasteiger partial charge in [-0.25, -0.2) is 0 Å². The molecule has 15 heavy (non-hydrogen) atoms. The molecule has 0 atom stereocenters. The van der Waals surface area contributed by atoms with Gasteiger partial charge in [-0.3, -0.25) is 4.98 Å². The Morgan fingerprint density at radius 3 is 3.07 bits per heavy atom. The van der Waals surface area contributed by atoms with E-state index < -0.39 is 0 Å². The third-order valence-corrected chi connectivity index (χ3v) is 2.29. The Kier molecular flexibility index (Phi) is 3.15. The highest BCUT2D eigenvalue weighted by Gasteiger charge is 2.05. The molecule has 0 aliphatic rings. The van der Waals surface area contributed by atoms with Crippen molar-refractivity contribution in [1.29, 1.82) is 0 Å². The smallest absolute Gasteiger partial charge is 0.121 e. The summed E-state index contributed by atoms with van der Waals surface area (Å²) in [7, 11) is 1.91. The summed E-state index contributed by atoms with van der Waals surface area (Å²) < 4.78 is 5.39. The zero-order chi connectivity index (χ0) is 10.5. The molecule has 0 aliphatic carbocycles. The zero-order valence-corrected chi connectivity index (χ0v) is 8.73. The molecule has 0 bridgehead atoms. The van der Waals surface area contributed by atoms with E-state index in [1.165, 1.54) is 11.1 Å². The summed E-state index contributed by atoms with van der Waals surface area (Å²) >= 11 is 0. The molecule has 0 radical (unpaired) electrons. The average Bonchev–Trinajstić information content (AvgIpc) is 2.68. The van der Waals surface area contributed by atoms with Gasteiger partial charge in [-0.1, -0.05) is 6.07 Å². The maximum atomic E-state index is 5.39. The molecule has 2 rings (SSSR count). The Morgan fingerprint density at radius 2 is 2.33 bits per heavy atom. The van der Waals surface area contributed by atoms with Crippen molar-refractivity contribution in [3.05, 3.63) is 53.7 Å². The van der Waals surface area contributed by atoms with Crippen LogP contribution in [-0.2, 0) is 13.0 Å². The Labute approximate surface area is 89.1 Å². The highest BCUT2D eigenvalue weighted by molar-refractivity contribution is 5.25. The van der Waals surface area contributed by atoms with E-state index in [2.05, 4.69) is 16.4 Å². The number of nitrogens with zero attached hydrogens (tertiary/aromatic N) is 1. The van der Waals surface area contributed by atoms with E-state index >= 15 is 0 Å². The van der Waals surface area contributed by atoms with Crippen LogP contribution in [0.5, 0.6) is 0 Å². The number of pyridine rings is 1. The molecule has 3 nitrogen and oxygen atoms in total. The molecule has 0 aromatic carbocycles. The highest BCUT2D eigenvalue weighted by Crippen LogP contribution is 2.14. The fourth-order valence-electron chi connectivity index (χ4n) is 1.56. The number of nitrogens with one attached hydrogen (secondary N) is 1. The van der Waals surface area contributed by atoms with Gasteiger partial charge in [0.2, 0.25) is 0 Å². The van der Waals surface area contributed by atoms with Crippen molar-refractivity contribution in [2.75, 3.05) is 7.05 Å². The fourth-order valence-corrected chi connectivity index (χ4v) is 1.56. The van der Waals surface area contributed by atoms with Gasteiger partial charge in [-0.15, -0.1) is 0 Å². The number of hydrogen-bond donors (Lipinski definition) is 1. The normalized spacial score (nSPS) is 10.5. The van der Waals surface area contributed by atoms with Crippen LogP contribution in [-0.4, -0.2) is 12.0 Å². The largest absolute Gasteiger partial charge is 0.468 e. The second-order valence-electron chi connectivity index (χ2n) is 3.44. The third-order valence-electron chi connectivity index (χ3n) is 2.29. The molecule has 0 unspecified atom stereocenters. The van der Waals surface area contributed by atoms with Gasteiger partial charge in [0.25, 0.3) is 0 Å². The summed E-state index contributed by atoms with van der Waals surface area (Å²) in [5.41, 5.74) is 2.42. The third kappa shape index (κ3) is 2.44. The molecule has 2 aromatic rings. The molecule has 3 heteroatoms. The molecule has 0 saturated heterocycles. The van der Waals surface area contributed by atoms with Crippen LogP contribution in [0.1, 0.15) is 16.9 Å². The minimum absolute atomic E-state index is 0.766. The first-order valence-electron chi connectivity index (χ1n) is 4.99. The molecule has 78 valence electrons. The van der Waals surface area contributed by atoms with Crippen molar-refractivity contribution in [2.45, 2.75) is 13.0 Å². The SMILES string of the molecule is CNCc1occc1Cc1cccnc1. The van der Waals surface area contributed by atoms with Crippen LogP contribution in [0.2, 0.25) is 0 Å². The molecule has 1 N–H and O–H groups in total. The minimum Gasteiger partial charge on any atom is -0.468 e. The Balaban J connectivity index is 2.14. The van der Waals surface area contributed by atoms with Gasteiger partial charge in [0.15, 0.2) is 0 Å². The second-order valence-corrected chi connectivity index (χ2v) is 3.44. The molecule has 2 heterocycles. The first-order chi connectivity index (χ1) is 7.40. The van der Waals surface area contributed by atoms with Crippen molar-refractivity contribution in [3.8, 4) is 0 Å². The molecule has 0 amide bonds. The van der Waals surface area contributed by atoms with E-state index in [0.717, 1.165) is 18.7 Å². The van der Waals surface area contributed by atoms with Crippen LogP contribution < -0.4 is 5.32 Å². The monoisotopic (exact) mass is 202 g/mol. The molecule has 2 aromatic heterocycles. The van der Waals surface area contributed by atoms with E-state index in [-0.39, 0.29) is 0 Å². The van der Waals surface area contributed by atoms with Gasteiger partial charge in [-0.2, -0.15) is 0 Å². The molecule has 0 spiro atoms. The van der Waals surface area contributed by atoms with Crippen LogP contribution in [0.4, 0.5) is 0 Å². The van der Waals surface area contributed by atoms with Crippen LogP contribution in [0.25, 0.3) is 0 Å². The number of furan rings is 1. The predicted octanol–water partition coefficient (Wildman–Crippen LogP) is 1.98. The second kappa shape index (κ2) is 4.75. The van der Waals surface area contributed by atoms with Crippen molar-refractivity contribution in [3.63, 3.8) is 0 Å². The lowest BCUT2D eigenvalue weighted by molar-refractivity contribution is 0.491. The van der Waals surface area contributed by atoms with Crippen molar-refractivity contribution in [2.24, 2.45) is 0 Å². The first kappa shape index (κ1) is 9.93. The minimum atomic E-state index is 0.766. The van der Waals surface area contributed by atoms with Gasteiger partial charge < -0.3 is 9.73 Å². The quantitative estimate of drug-likeness (QED) is 0.823. The van der Waals surface area contributed by atoms with Crippen molar-refractivity contribution in [1.82, 2.24) is 10.3 Å². The topological polar surface area (TPSA) is 38.1 Å². The summed E-state index contributed by atoms with van der Waals surface area (Å²) in [4.78, 5) is 4.09. The molecule has 0 fully saturated rings. The van der Waals surface area contributed by atoms with Crippen LogP contribution in [0, 0.1) is 0 Å². The standard InChI is InChI=1S/C12H14N2O/c1-13-9-12-11(4-6-15-12)7-10-3-2-5-14-8-10/h2-6,8,13H,7,9H2,1H3. The Morgan fingerprint density at radius 1 is 1.40 bits per heavy atom. The predicted molar refractivity (Wildman–Crippen MR) is 58.5 cm³/mol. The summed E-state index contributed by atoms with van der Waals surface area (Å²) in [5.74, 6) is 1.00. The Hall–Kier alpha value is -1.61. The Bertz CT molecular complexity index is 409. The zero-order valence-electron chi connectivity index (χ0n) is 8.73. The average molecular weight is 202 g/mol. The van der Waals surface area contributed by atoms with E-state index in [1.807, 2.05) is 25.4 Å². The lowest BCUT2D eigenvalue weighted by Gasteiger charge is -2.01. The maximum Gasteiger partial charge on any atom is 0.121 e.